The van der Waals surface area contributed by atoms with E-state index in [0.29, 0.717) is 0 Å². The standard InChI is InChI=1S/C12H17B/c1-8-6-10(13)7-9(2)11(8)12(3,4)5/h6-7H,1-5H3. The average molecular weight is 172 g/mol. The van der Waals surface area contributed by atoms with Gasteiger partial charge in [0.05, 0.1) is 0 Å². The van der Waals surface area contributed by atoms with E-state index in [1.807, 2.05) is 12.1 Å². The van der Waals surface area contributed by atoms with E-state index < -0.39 is 0 Å². The Labute approximate surface area is 82.8 Å². The molecule has 0 amide bonds. The van der Waals surface area contributed by atoms with E-state index in [-0.39, 0.29) is 5.41 Å². The first kappa shape index (κ1) is 10.4. The van der Waals surface area contributed by atoms with Crippen LogP contribution in [0.15, 0.2) is 12.1 Å². The second-order valence-corrected chi connectivity index (χ2v) is 4.78. The van der Waals surface area contributed by atoms with Crippen LogP contribution >= 0.6 is 0 Å². The third-order valence-corrected chi connectivity index (χ3v) is 2.31. The van der Waals surface area contributed by atoms with Gasteiger partial charge in [-0.2, -0.15) is 0 Å². The van der Waals surface area contributed by atoms with Crippen LogP contribution in [0.5, 0.6) is 0 Å². The van der Waals surface area contributed by atoms with Crippen LogP contribution in [-0.2, 0) is 5.41 Å². The van der Waals surface area contributed by atoms with Crippen LogP contribution in [0.25, 0.3) is 0 Å². The Morgan fingerprint density at radius 1 is 1.00 bits per heavy atom. The Bertz CT molecular complexity index is 295. The summed E-state index contributed by atoms with van der Waals surface area (Å²) >= 11 is 0. The third kappa shape index (κ3) is 2.15. The smallest absolute Gasteiger partial charge is 0.0961 e. The highest BCUT2D eigenvalue weighted by molar-refractivity contribution is 6.32. The molecule has 0 N–H and O–H groups in total. The van der Waals surface area contributed by atoms with Crippen molar-refractivity contribution in [1.29, 1.82) is 0 Å². The summed E-state index contributed by atoms with van der Waals surface area (Å²) in [5, 5.41) is 0. The monoisotopic (exact) mass is 172 g/mol. The Hall–Kier alpha value is -0.715. The number of hydrogen-bond donors (Lipinski definition) is 0. The minimum absolute atomic E-state index is 0.210. The van der Waals surface area contributed by atoms with Gasteiger partial charge in [-0.3, -0.25) is 0 Å². The molecule has 1 aromatic carbocycles. The molecule has 0 nitrogen and oxygen atoms in total. The summed E-state index contributed by atoms with van der Waals surface area (Å²) in [6, 6.07) is 4.10. The molecule has 0 aromatic heterocycles. The number of aryl methyl sites for hydroxylation is 2. The lowest BCUT2D eigenvalue weighted by Gasteiger charge is -2.24. The van der Waals surface area contributed by atoms with Crippen molar-refractivity contribution in [2.75, 3.05) is 0 Å². The van der Waals surface area contributed by atoms with Crippen molar-refractivity contribution in [3.05, 3.63) is 28.8 Å². The second kappa shape index (κ2) is 3.21. The van der Waals surface area contributed by atoms with E-state index in [0.717, 1.165) is 5.46 Å². The lowest BCUT2D eigenvalue weighted by atomic mass is 9.78. The number of rotatable bonds is 0. The zero-order valence-electron chi connectivity index (χ0n) is 9.23. The average Bonchev–Trinajstić information content (AvgIpc) is 1.78. The van der Waals surface area contributed by atoms with Crippen molar-refractivity contribution >= 4 is 13.3 Å². The third-order valence-electron chi connectivity index (χ3n) is 2.31. The van der Waals surface area contributed by atoms with Gasteiger partial charge in [0, 0.05) is 0 Å². The molecule has 1 rings (SSSR count). The second-order valence-electron chi connectivity index (χ2n) is 4.78. The molecule has 1 heteroatoms. The molecule has 0 aliphatic rings. The van der Waals surface area contributed by atoms with Gasteiger partial charge in [-0.1, -0.05) is 38.4 Å². The molecule has 0 atom stereocenters. The fourth-order valence-corrected chi connectivity index (χ4v) is 2.18. The molecule has 0 bridgehead atoms. The lowest BCUT2D eigenvalue weighted by molar-refractivity contribution is 0.582. The fourth-order valence-electron chi connectivity index (χ4n) is 2.18. The van der Waals surface area contributed by atoms with Crippen molar-refractivity contribution in [2.45, 2.75) is 40.0 Å². The van der Waals surface area contributed by atoms with E-state index in [9.17, 15) is 0 Å². The summed E-state index contributed by atoms with van der Waals surface area (Å²) in [5.41, 5.74) is 5.08. The molecule has 1 aromatic rings. The van der Waals surface area contributed by atoms with Crippen molar-refractivity contribution in [1.82, 2.24) is 0 Å². The van der Waals surface area contributed by atoms with Gasteiger partial charge in [0.1, 0.15) is 7.85 Å². The number of hydrogen-bond acceptors (Lipinski definition) is 0. The molecule has 2 radical (unpaired) electrons. The highest BCUT2D eigenvalue weighted by atomic mass is 14.2. The first-order valence-electron chi connectivity index (χ1n) is 4.69. The Kier molecular flexibility index (Phi) is 2.56. The number of benzene rings is 1. The van der Waals surface area contributed by atoms with Crippen molar-refractivity contribution < 1.29 is 0 Å². The summed E-state index contributed by atoms with van der Waals surface area (Å²) < 4.78 is 0. The van der Waals surface area contributed by atoms with Crippen LogP contribution < -0.4 is 5.46 Å². The molecule has 0 aliphatic carbocycles. The largest absolute Gasteiger partial charge is 0.113 e. The Balaban J connectivity index is 3.38. The molecule has 0 saturated carbocycles. The summed E-state index contributed by atoms with van der Waals surface area (Å²) in [6.45, 7) is 11.0. The van der Waals surface area contributed by atoms with Gasteiger partial charge >= 0.3 is 0 Å². The van der Waals surface area contributed by atoms with Crippen molar-refractivity contribution in [2.24, 2.45) is 0 Å². The first-order valence-corrected chi connectivity index (χ1v) is 4.69. The zero-order valence-corrected chi connectivity index (χ0v) is 9.23. The van der Waals surface area contributed by atoms with Gasteiger partial charge in [0.15, 0.2) is 0 Å². The van der Waals surface area contributed by atoms with Gasteiger partial charge in [-0.25, -0.2) is 0 Å². The highest BCUT2D eigenvalue weighted by Gasteiger charge is 2.18. The van der Waals surface area contributed by atoms with Crippen molar-refractivity contribution in [3.63, 3.8) is 0 Å². The normalized spacial score (nSPS) is 11.8. The molecule has 0 unspecified atom stereocenters. The van der Waals surface area contributed by atoms with Crippen LogP contribution in [0.4, 0.5) is 0 Å². The molecule has 0 saturated heterocycles. The van der Waals surface area contributed by atoms with Crippen LogP contribution in [0.1, 0.15) is 37.5 Å². The van der Waals surface area contributed by atoms with Crippen molar-refractivity contribution in [3.8, 4) is 0 Å². The summed E-state index contributed by atoms with van der Waals surface area (Å²) in [7, 11) is 5.77. The van der Waals surface area contributed by atoms with E-state index in [2.05, 4.69) is 34.6 Å². The minimum Gasteiger partial charge on any atom is -0.0961 e. The minimum atomic E-state index is 0.210. The predicted molar refractivity (Wildman–Crippen MR) is 60.0 cm³/mol. The van der Waals surface area contributed by atoms with Gasteiger partial charge in [-0.15, -0.1) is 0 Å². The maximum absolute atomic E-state index is 5.77. The van der Waals surface area contributed by atoms with Gasteiger partial charge in [0.25, 0.3) is 0 Å². The van der Waals surface area contributed by atoms with Crippen LogP contribution in [0, 0.1) is 13.8 Å². The zero-order chi connectivity index (χ0) is 10.2. The molecule has 0 aliphatic heterocycles. The Morgan fingerprint density at radius 2 is 1.38 bits per heavy atom. The molecular formula is C12H17B. The highest BCUT2D eigenvalue weighted by Crippen LogP contribution is 2.27. The predicted octanol–water partition coefficient (Wildman–Crippen LogP) is 2.39. The van der Waals surface area contributed by atoms with E-state index >= 15 is 0 Å². The molecular weight excluding hydrogens is 155 g/mol. The molecule has 68 valence electrons. The maximum Gasteiger partial charge on any atom is 0.113 e. The summed E-state index contributed by atoms with van der Waals surface area (Å²) in [4.78, 5) is 0. The van der Waals surface area contributed by atoms with Crippen LogP contribution in [0.3, 0.4) is 0 Å². The molecule has 13 heavy (non-hydrogen) atoms. The van der Waals surface area contributed by atoms with E-state index in [1.165, 1.54) is 16.7 Å². The fraction of sp³-hybridized carbons (Fsp3) is 0.500. The van der Waals surface area contributed by atoms with Gasteiger partial charge in [-0.05, 0) is 36.0 Å². The lowest BCUT2D eigenvalue weighted by Crippen LogP contribution is -2.18. The first-order chi connectivity index (χ1) is 5.82. The molecule has 0 fully saturated rings. The maximum atomic E-state index is 5.77. The van der Waals surface area contributed by atoms with Crippen LogP contribution in [0.2, 0.25) is 0 Å². The molecule has 0 heterocycles. The molecule has 0 spiro atoms. The quantitative estimate of drug-likeness (QED) is 0.527. The van der Waals surface area contributed by atoms with Gasteiger partial charge in [0.2, 0.25) is 0 Å². The van der Waals surface area contributed by atoms with Gasteiger partial charge < -0.3 is 0 Å². The van der Waals surface area contributed by atoms with Crippen LogP contribution in [-0.4, -0.2) is 7.85 Å². The summed E-state index contributed by atoms with van der Waals surface area (Å²) in [6.07, 6.45) is 0. The SMILES string of the molecule is [B]c1cc(C)c(C(C)(C)C)c(C)c1. The van der Waals surface area contributed by atoms with E-state index in [1.54, 1.807) is 0 Å². The van der Waals surface area contributed by atoms with E-state index in [4.69, 9.17) is 7.85 Å². The summed E-state index contributed by atoms with van der Waals surface area (Å²) in [5.74, 6) is 0. The topological polar surface area (TPSA) is 0 Å². The Morgan fingerprint density at radius 3 is 1.69 bits per heavy atom.